The number of hydrogen-bond acceptors (Lipinski definition) is 3. The molecule has 0 atom stereocenters. The Bertz CT molecular complexity index is 763. The molecule has 102 valence electrons. The highest BCUT2D eigenvalue weighted by molar-refractivity contribution is 5.94. The highest BCUT2D eigenvalue weighted by Crippen LogP contribution is 2.24. The first-order valence-electron chi connectivity index (χ1n) is 6.83. The molecule has 0 aliphatic carbocycles. The second-order valence-electron chi connectivity index (χ2n) is 5.32. The van der Waals surface area contributed by atoms with Crippen molar-refractivity contribution in [3.63, 3.8) is 0 Å². The average Bonchev–Trinajstić information content (AvgIpc) is 2.44. The molecule has 3 heteroatoms. The fourth-order valence-corrected chi connectivity index (χ4v) is 2.45. The Hall–Kier alpha value is -2.13. The molecule has 3 nitrogen and oxygen atoms in total. The van der Waals surface area contributed by atoms with Gasteiger partial charge in [-0.2, -0.15) is 0 Å². The van der Waals surface area contributed by atoms with Gasteiger partial charge >= 0.3 is 0 Å². The molecule has 0 unspecified atom stereocenters. The number of fused-ring (bicyclic) bond motifs is 2. The molecule has 0 aliphatic rings. The summed E-state index contributed by atoms with van der Waals surface area (Å²) in [6.45, 7) is 0.868. The maximum absolute atomic E-state index is 4.81. The number of rotatable bonds is 3. The third-order valence-electron chi connectivity index (χ3n) is 3.56. The van der Waals surface area contributed by atoms with E-state index in [4.69, 9.17) is 4.98 Å². The van der Waals surface area contributed by atoms with Gasteiger partial charge in [0.2, 0.25) is 0 Å². The second kappa shape index (κ2) is 5.10. The lowest BCUT2D eigenvalue weighted by molar-refractivity contribution is 0.819. The topological polar surface area (TPSA) is 28.2 Å². The Morgan fingerprint density at radius 2 is 1.65 bits per heavy atom. The fraction of sp³-hybridized carbons (Fsp3) is 0.235. The van der Waals surface area contributed by atoms with Crippen LogP contribution in [0, 0.1) is 0 Å². The summed E-state index contributed by atoms with van der Waals surface area (Å²) >= 11 is 0. The lowest BCUT2D eigenvalue weighted by Crippen LogP contribution is -2.08. The van der Waals surface area contributed by atoms with Crippen LogP contribution in [-0.4, -0.2) is 26.1 Å². The van der Waals surface area contributed by atoms with Crippen molar-refractivity contribution in [1.82, 2.24) is 10.3 Å². The van der Waals surface area contributed by atoms with Gasteiger partial charge in [0.15, 0.2) is 0 Å². The summed E-state index contributed by atoms with van der Waals surface area (Å²) in [6.07, 6.45) is 0. The summed E-state index contributed by atoms with van der Waals surface area (Å²) in [6, 6.07) is 15.1. The van der Waals surface area contributed by atoms with Crippen molar-refractivity contribution in [2.75, 3.05) is 26.0 Å². The molecular formula is C17H19N3. The van der Waals surface area contributed by atoms with Crippen LogP contribution in [0.3, 0.4) is 0 Å². The highest BCUT2D eigenvalue weighted by Gasteiger charge is 2.03. The Morgan fingerprint density at radius 1 is 0.950 bits per heavy atom. The lowest BCUT2D eigenvalue weighted by atomic mass is 10.1. The Morgan fingerprint density at radius 3 is 2.35 bits per heavy atom. The van der Waals surface area contributed by atoms with E-state index in [1.54, 1.807) is 0 Å². The Kier molecular flexibility index (Phi) is 3.28. The van der Waals surface area contributed by atoms with E-state index in [1.807, 2.05) is 21.1 Å². The van der Waals surface area contributed by atoms with Gasteiger partial charge in [0.05, 0.1) is 11.0 Å². The molecule has 2 aromatic carbocycles. The predicted octanol–water partition coefficient (Wildman–Crippen LogP) is 3.17. The van der Waals surface area contributed by atoms with Crippen LogP contribution in [0.1, 0.15) is 5.56 Å². The molecule has 0 fully saturated rings. The molecule has 1 N–H and O–H groups in total. The van der Waals surface area contributed by atoms with Crippen molar-refractivity contribution < 1.29 is 0 Å². The number of anilines is 1. The van der Waals surface area contributed by atoms with Crippen LogP contribution in [0.25, 0.3) is 21.8 Å². The maximum atomic E-state index is 4.81. The van der Waals surface area contributed by atoms with Gasteiger partial charge in [0, 0.05) is 37.1 Å². The van der Waals surface area contributed by atoms with E-state index in [-0.39, 0.29) is 0 Å². The third-order valence-corrected chi connectivity index (χ3v) is 3.56. The van der Waals surface area contributed by atoms with Gasteiger partial charge < -0.3 is 10.2 Å². The van der Waals surface area contributed by atoms with E-state index in [1.165, 1.54) is 22.0 Å². The zero-order valence-electron chi connectivity index (χ0n) is 12.1. The van der Waals surface area contributed by atoms with Gasteiger partial charge in [-0.15, -0.1) is 0 Å². The molecule has 0 aliphatic heterocycles. The number of hydrogen-bond donors (Lipinski definition) is 1. The van der Waals surface area contributed by atoms with Crippen LogP contribution in [0.5, 0.6) is 0 Å². The number of nitrogens with zero attached hydrogens (tertiary/aromatic N) is 2. The van der Waals surface area contributed by atoms with Crippen LogP contribution >= 0.6 is 0 Å². The van der Waals surface area contributed by atoms with Crippen LogP contribution in [0.15, 0.2) is 42.5 Å². The average molecular weight is 265 g/mol. The van der Waals surface area contributed by atoms with E-state index in [0.717, 1.165) is 17.6 Å². The molecule has 1 aromatic heterocycles. The van der Waals surface area contributed by atoms with Gasteiger partial charge in [-0.05, 0) is 36.9 Å². The molecule has 0 bridgehead atoms. The van der Waals surface area contributed by atoms with Crippen LogP contribution in [0.2, 0.25) is 0 Å². The zero-order valence-corrected chi connectivity index (χ0v) is 12.1. The van der Waals surface area contributed by atoms with Gasteiger partial charge in [-0.3, -0.25) is 0 Å². The SMILES string of the molecule is CNCc1ccc2cc3ccc(N(C)C)cc3nc2c1. The van der Waals surface area contributed by atoms with E-state index in [2.05, 4.69) is 52.7 Å². The molecule has 20 heavy (non-hydrogen) atoms. The van der Waals surface area contributed by atoms with E-state index in [9.17, 15) is 0 Å². The van der Waals surface area contributed by atoms with Crippen LogP contribution in [0.4, 0.5) is 5.69 Å². The molecular weight excluding hydrogens is 246 g/mol. The molecule has 3 rings (SSSR count). The predicted molar refractivity (Wildman–Crippen MR) is 86.3 cm³/mol. The minimum Gasteiger partial charge on any atom is -0.378 e. The van der Waals surface area contributed by atoms with Crippen molar-refractivity contribution in [1.29, 1.82) is 0 Å². The van der Waals surface area contributed by atoms with Crippen LogP contribution < -0.4 is 10.2 Å². The zero-order chi connectivity index (χ0) is 14.1. The van der Waals surface area contributed by atoms with Crippen LogP contribution in [-0.2, 0) is 6.54 Å². The third kappa shape index (κ3) is 2.32. The van der Waals surface area contributed by atoms with Crippen molar-refractivity contribution in [3.05, 3.63) is 48.0 Å². The van der Waals surface area contributed by atoms with Crippen molar-refractivity contribution in [3.8, 4) is 0 Å². The molecule has 0 amide bonds. The normalized spacial score (nSPS) is 11.2. The standard InChI is InChI=1S/C17H19N3/c1-18-11-12-4-5-13-9-14-6-7-15(20(2)3)10-17(14)19-16(13)8-12/h4-10,18H,11H2,1-3H3. The first kappa shape index (κ1) is 12.9. The Balaban J connectivity index is 2.19. The van der Waals surface area contributed by atoms with Gasteiger partial charge in [0.25, 0.3) is 0 Å². The van der Waals surface area contributed by atoms with E-state index < -0.39 is 0 Å². The molecule has 0 saturated carbocycles. The monoisotopic (exact) mass is 265 g/mol. The molecule has 0 radical (unpaired) electrons. The van der Waals surface area contributed by atoms with Gasteiger partial charge in [-0.25, -0.2) is 4.98 Å². The lowest BCUT2D eigenvalue weighted by Gasteiger charge is -2.13. The first-order chi connectivity index (χ1) is 9.67. The highest BCUT2D eigenvalue weighted by atomic mass is 15.1. The maximum Gasteiger partial charge on any atom is 0.0730 e. The van der Waals surface area contributed by atoms with Crippen molar-refractivity contribution in [2.24, 2.45) is 0 Å². The minimum absolute atomic E-state index is 0.868. The Labute approximate surface area is 119 Å². The molecule has 0 saturated heterocycles. The summed E-state index contributed by atoms with van der Waals surface area (Å²) in [7, 11) is 6.06. The number of nitrogens with one attached hydrogen (secondary N) is 1. The van der Waals surface area contributed by atoms with Gasteiger partial charge in [0.1, 0.15) is 0 Å². The molecule has 0 spiro atoms. The first-order valence-corrected chi connectivity index (χ1v) is 6.83. The van der Waals surface area contributed by atoms with E-state index in [0.29, 0.717) is 0 Å². The quantitative estimate of drug-likeness (QED) is 0.737. The second-order valence-corrected chi connectivity index (χ2v) is 5.32. The number of aromatic nitrogens is 1. The van der Waals surface area contributed by atoms with Crippen molar-refractivity contribution >= 4 is 27.5 Å². The summed E-state index contributed by atoms with van der Waals surface area (Å²) in [4.78, 5) is 6.91. The largest absolute Gasteiger partial charge is 0.378 e. The molecule has 3 aromatic rings. The minimum atomic E-state index is 0.868. The summed E-state index contributed by atoms with van der Waals surface area (Å²) in [5.74, 6) is 0. The summed E-state index contributed by atoms with van der Waals surface area (Å²) in [5.41, 5.74) is 4.54. The van der Waals surface area contributed by atoms with E-state index >= 15 is 0 Å². The summed E-state index contributed by atoms with van der Waals surface area (Å²) < 4.78 is 0. The number of pyridine rings is 1. The fourth-order valence-electron chi connectivity index (χ4n) is 2.45. The number of benzene rings is 2. The molecule has 1 heterocycles. The summed E-state index contributed by atoms with van der Waals surface area (Å²) in [5, 5.41) is 5.55. The van der Waals surface area contributed by atoms with Gasteiger partial charge in [-0.1, -0.05) is 18.2 Å². The van der Waals surface area contributed by atoms with Crippen molar-refractivity contribution in [2.45, 2.75) is 6.54 Å². The smallest absolute Gasteiger partial charge is 0.0730 e.